The number of hydrogen-bond acceptors (Lipinski definition) is 3. The van der Waals surface area contributed by atoms with E-state index in [0.29, 0.717) is 6.54 Å². The van der Waals surface area contributed by atoms with Crippen LogP contribution in [0.2, 0.25) is 0 Å². The number of fused-ring (bicyclic) bond motifs is 1. The minimum absolute atomic E-state index is 0. The molecule has 1 N–H and O–H groups in total. The summed E-state index contributed by atoms with van der Waals surface area (Å²) in [6.07, 6.45) is 2.29. The third kappa shape index (κ3) is 3.62. The first-order valence-corrected chi connectivity index (χ1v) is 7.59. The van der Waals surface area contributed by atoms with Crippen LogP contribution in [0.5, 0.6) is 0 Å². The molecule has 2 aliphatic rings. The summed E-state index contributed by atoms with van der Waals surface area (Å²) in [6.45, 7) is 6.43. The lowest BCUT2D eigenvalue weighted by Crippen LogP contribution is -2.46. The van der Waals surface area contributed by atoms with Crippen molar-refractivity contribution < 1.29 is 4.79 Å². The van der Waals surface area contributed by atoms with Crippen molar-refractivity contribution >= 4 is 29.7 Å². The topological polar surface area (TPSA) is 35.6 Å². The summed E-state index contributed by atoms with van der Waals surface area (Å²) in [5, 5.41) is 3.38. The van der Waals surface area contributed by atoms with Crippen molar-refractivity contribution in [3.63, 3.8) is 0 Å². The SMILES string of the molecule is CC1CCN(C(=O)CN2CCNc3ccccc32)CC1.Cl. The quantitative estimate of drug-likeness (QED) is 0.912. The number of benzene rings is 1. The van der Waals surface area contributed by atoms with Gasteiger partial charge >= 0.3 is 0 Å². The fraction of sp³-hybridized carbons (Fsp3) is 0.562. The van der Waals surface area contributed by atoms with E-state index in [1.165, 1.54) is 0 Å². The number of nitrogens with zero attached hydrogens (tertiary/aromatic N) is 2. The van der Waals surface area contributed by atoms with Gasteiger partial charge in [-0.2, -0.15) is 0 Å². The Balaban J connectivity index is 0.00000161. The summed E-state index contributed by atoms with van der Waals surface area (Å²) in [7, 11) is 0. The molecule has 5 heteroatoms. The number of carbonyl (C=O) groups excluding carboxylic acids is 1. The van der Waals surface area contributed by atoms with Crippen LogP contribution in [0.3, 0.4) is 0 Å². The molecule has 2 aliphatic heterocycles. The monoisotopic (exact) mass is 309 g/mol. The summed E-state index contributed by atoms with van der Waals surface area (Å²) in [5.74, 6) is 1.03. The standard InChI is InChI=1S/C16H23N3O.ClH/c1-13-6-9-18(10-7-13)16(20)12-19-11-8-17-14-4-2-3-5-15(14)19;/h2-5,13,17H,6-12H2,1H3;1H. The Kier molecular flexibility index (Phi) is 5.34. The molecule has 0 bridgehead atoms. The average molecular weight is 310 g/mol. The number of hydrogen-bond donors (Lipinski definition) is 1. The zero-order chi connectivity index (χ0) is 13.9. The molecule has 1 amide bonds. The summed E-state index contributed by atoms with van der Waals surface area (Å²) >= 11 is 0. The second-order valence-electron chi connectivity index (χ2n) is 5.93. The van der Waals surface area contributed by atoms with Gasteiger partial charge in [-0.3, -0.25) is 4.79 Å². The van der Waals surface area contributed by atoms with Crippen molar-refractivity contribution in [1.29, 1.82) is 0 Å². The molecule has 0 unspecified atom stereocenters. The van der Waals surface area contributed by atoms with Crippen LogP contribution in [-0.2, 0) is 4.79 Å². The van der Waals surface area contributed by atoms with Gasteiger partial charge in [0.2, 0.25) is 5.91 Å². The first-order chi connectivity index (χ1) is 9.74. The number of carbonyl (C=O) groups is 1. The Morgan fingerprint density at radius 1 is 1.24 bits per heavy atom. The molecule has 0 radical (unpaired) electrons. The fourth-order valence-electron chi connectivity index (χ4n) is 3.03. The highest BCUT2D eigenvalue weighted by Gasteiger charge is 2.24. The molecule has 1 aromatic rings. The Labute approximate surface area is 132 Å². The largest absolute Gasteiger partial charge is 0.382 e. The highest BCUT2D eigenvalue weighted by molar-refractivity contribution is 5.85. The third-order valence-electron chi connectivity index (χ3n) is 4.40. The maximum atomic E-state index is 12.4. The van der Waals surface area contributed by atoms with E-state index in [2.05, 4.69) is 29.3 Å². The number of halogens is 1. The van der Waals surface area contributed by atoms with Gasteiger partial charge in [-0.05, 0) is 30.9 Å². The molecule has 0 spiro atoms. The number of nitrogens with one attached hydrogen (secondary N) is 1. The lowest BCUT2D eigenvalue weighted by Gasteiger charge is -2.35. The fourth-order valence-corrected chi connectivity index (χ4v) is 3.03. The molecule has 0 atom stereocenters. The molecular formula is C16H24ClN3O. The molecule has 4 nitrogen and oxygen atoms in total. The van der Waals surface area contributed by atoms with Crippen LogP contribution < -0.4 is 10.2 Å². The number of para-hydroxylation sites is 2. The second kappa shape index (κ2) is 7.03. The number of likely N-dealkylation sites (tertiary alicyclic amines) is 1. The van der Waals surface area contributed by atoms with Crippen LogP contribution in [0.4, 0.5) is 11.4 Å². The van der Waals surface area contributed by atoms with Crippen molar-refractivity contribution in [2.45, 2.75) is 19.8 Å². The third-order valence-corrected chi connectivity index (χ3v) is 4.40. The van der Waals surface area contributed by atoms with E-state index in [1.54, 1.807) is 0 Å². The van der Waals surface area contributed by atoms with Crippen molar-refractivity contribution in [3.05, 3.63) is 24.3 Å². The van der Waals surface area contributed by atoms with Gasteiger partial charge in [-0.15, -0.1) is 12.4 Å². The molecular weight excluding hydrogens is 286 g/mol. The van der Waals surface area contributed by atoms with Gasteiger partial charge in [0.05, 0.1) is 17.9 Å². The van der Waals surface area contributed by atoms with E-state index in [0.717, 1.165) is 56.3 Å². The zero-order valence-electron chi connectivity index (χ0n) is 12.5. The van der Waals surface area contributed by atoms with Gasteiger partial charge in [0.1, 0.15) is 0 Å². The Bertz CT molecular complexity index is 486. The van der Waals surface area contributed by atoms with Crippen LogP contribution in [0, 0.1) is 5.92 Å². The van der Waals surface area contributed by atoms with E-state index in [-0.39, 0.29) is 18.3 Å². The van der Waals surface area contributed by atoms with Crippen LogP contribution in [0.15, 0.2) is 24.3 Å². The van der Waals surface area contributed by atoms with Gasteiger partial charge in [-0.25, -0.2) is 0 Å². The van der Waals surface area contributed by atoms with Crippen molar-refractivity contribution in [2.75, 3.05) is 42.9 Å². The molecule has 0 aromatic heterocycles. The van der Waals surface area contributed by atoms with Crippen LogP contribution in [-0.4, -0.2) is 43.5 Å². The smallest absolute Gasteiger partial charge is 0.242 e. The molecule has 1 saturated heterocycles. The number of anilines is 2. The van der Waals surface area contributed by atoms with Crippen molar-refractivity contribution in [2.24, 2.45) is 5.92 Å². The van der Waals surface area contributed by atoms with Gasteiger partial charge in [0.25, 0.3) is 0 Å². The van der Waals surface area contributed by atoms with Crippen LogP contribution in [0.1, 0.15) is 19.8 Å². The van der Waals surface area contributed by atoms with Gasteiger partial charge in [-0.1, -0.05) is 19.1 Å². The number of piperidine rings is 1. The molecule has 2 heterocycles. The molecule has 0 aliphatic carbocycles. The minimum Gasteiger partial charge on any atom is -0.382 e. The second-order valence-corrected chi connectivity index (χ2v) is 5.93. The van der Waals surface area contributed by atoms with Gasteiger partial charge in [0.15, 0.2) is 0 Å². The first-order valence-electron chi connectivity index (χ1n) is 7.59. The zero-order valence-corrected chi connectivity index (χ0v) is 13.4. The van der Waals surface area contributed by atoms with E-state index >= 15 is 0 Å². The van der Waals surface area contributed by atoms with Crippen molar-refractivity contribution in [3.8, 4) is 0 Å². The van der Waals surface area contributed by atoms with E-state index in [4.69, 9.17) is 0 Å². The van der Waals surface area contributed by atoms with Crippen LogP contribution in [0.25, 0.3) is 0 Å². The minimum atomic E-state index is 0. The Morgan fingerprint density at radius 2 is 1.95 bits per heavy atom. The summed E-state index contributed by atoms with van der Waals surface area (Å²) in [6, 6.07) is 8.23. The first kappa shape index (κ1) is 16.0. The summed E-state index contributed by atoms with van der Waals surface area (Å²) < 4.78 is 0. The molecule has 3 rings (SSSR count). The molecule has 21 heavy (non-hydrogen) atoms. The summed E-state index contributed by atoms with van der Waals surface area (Å²) in [4.78, 5) is 16.7. The average Bonchev–Trinajstić information content (AvgIpc) is 2.48. The van der Waals surface area contributed by atoms with E-state index < -0.39 is 0 Å². The number of amides is 1. The molecule has 1 aromatic carbocycles. The van der Waals surface area contributed by atoms with Gasteiger partial charge < -0.3 is 15.1 Å². The predicted molar refractivity (Wildman–Crippen MR) is 89.4 cm³/mol. The maximum Gasteiger partial charge on any atom is 0.242 e. The van der Waals surface area contributed by atoms with Gasteiger partial charge in [0, 0.05) is 26.2 Å². The Hall–Kier alpha value is -1.42. The molecule has 116 valence electrons. The Morgan fingerprint density at radius 3 is 2.71 bits per heavy atom. The number of rotatable bonds is 2. The highest BCUT2D eigenvalue weighted by atomic mass is 35.5. The highest BCUT2D eigenvalue weighted by Crippen LogP contribution is 2.28. The van der Waals surface area contributed by atoms with Crippen LogP contribution >= 0.6 is 12.4 Å². The lowest BCUT2D eigenvalue weighted by molar-refractivity contribution is -0.131. The molecule has 1 fully saturated rings. The van der Waals surface area contributed by atoms with E-state index in [9.17, 15) is 4.79 Å². The normalized spacial score (nSPS) is 18.5. The van der Waals surface area contributed by atoms with E-state index in [1.807, 2.05) is 17.0 Å². The molecule has 0 saturated carbocycles. The summed E-state index contributed by atoms with van der Waals surface area (Å²) in [5.41, 5.74) is 2.29. The predicted octanol–water partition coefficient (Wildman–Crippen LogP) is 2.60. The van der Waals surface area contributed by atoms with Crippen molar-refractivity contribution in [1.82, 2.24) is 4.90 Å². The maximum absolute atomic E-state index is 12.4. The lowest BCUT2D eigenvalue weighted by atomic mass is 9.99.